The second kappa shape index (κ2) is 9.47. The number of amides is 2. The maximum absolute atomic E-state index is 12.9. The van der Waals surface area contributed by atoms with Crippen molar-refractivity contribution in [2.45, 2.75) is 6.92 Å². The Labute approximate surface area is 172 Å². The molecule has 0 bridgehead atoms. The van der Waals surface area contributed by atoms with Crippen molar-refractivity contribution in [3.63, 3.8) is 0 Å². The Morgan fingerprint density at radius 2 is 1.63 bits per heavy atom. The van der Waals surface area contributed by atoms with Crippen LogP contribution >= 0.6 is 0 Å². The van der Waals surface area contributed by atoms with Crippen molar-refractivity contribution >= 4 is 29.2 Å². The quantitative estimate of drug-likeness (QED) is 0.602. The summed E-state index contributed by atoms with van der Waals surface area (Å²) in [5.41, 5.74) is 2.30. The molecular formula is C23H19FN2O4. The number of anilines is 2. The van der Waals surface area contributed by atoms with Crippen LogP contribution in [0.2, 0.25) is 0 Å². The summed E-state index contributed by atoms with van der Waals surface area (Å²) in [4.78, 5) is 36.8. The Morgan fingerprint density at radius 3 is 2.37 bits per heavy atom. The third-order valence-corrected chi connectivity index (χ3v) is 4.14. The lowest BCUT2D eigenvalue weighted by Crippen LogP contribution is -2.23. The zero-order chi connectivity index (χ0) is 21.5. The highest BCUT2D eigenvalue weighted by Gasteiger charge is 2.15. The summed E-state index contributed by atoms with van der Waals surface area (Å²) in [6, 6.07) is 18.6. The van der Waals surface area contributed by atoms with Crippen LogP contribution in [0.4, 0.5) is 15.8 Å². The molecule has 0 aliphatic heterocycles. The first-order valence-electron chi connectivity index (χ1n) is 9.12. The molecule has 3 rings (SSSR count). The van der Waals surface area contributed by atoms with Crippen molar-refractivity contribution in [1.82, 2.24) is 0 Å². The minimum atomic E-state index is -0.754. The van der Waals surface area contributed by atoms with Crippen LogP contribution in [0.15, 0.2) is 72.8 Å². The van der Waals surface area contributed by atoms with E-state index in [0.717, 1.165) is 17.7 Å². The van der Waals surface area contributed by atoms with Crippen LogP contribution in [0.5, 0.6) is 0 Å². The summed E-state index contributed by atoms with van der Waals surface area (Å²) in [6.45, 7) is 1.36. The van der Waals surface area contributed by atoms with Gasteiger partial charge in [0.1, 0.15) is 5.82 Å². The smallest absolute Gasteiger partial charge is 0.338 e. The molecule has 0 radical (unpaired) electrons. The Balaban J connectivity index is 1.62. The zero-order valence-corrected chi connectivity index (χ0v) is 16.1. The number of para-hydroxylation sites is 1. The first-order valence-corrected chi connectivity index (χ1v) is 9.12. The summed E-state index contributed by atoms with van der Waals surface area (Å²) < 4.78 is 17.9. The average Bonchev–Trinajstić information content (AvgIpc) is 2.73. The zero-order valence-electron chi connectivity index (χ0n) is 16.1. The molecule has 6 nitrogen and oxygen atoms in total. The maximum atomic E-state index is 12.9. The molecule has 0 aromatic heterocycles. The molecular weight excluding hydrogens is 387 g/mol. The molecule has 0 fully saturated rings. The number of carbonyl (C=O) groups excluding carboxylic acids is 3. The van der Waals surface area contributed by atoms with Crippen LogP contribution in [0.25, 0.3) is 0 Å². The van der Waals surface area contributed by atoms with Gasteiger partial charge in [0.15, 0.2) is 6.61 Å². The third kappa shape index (κ3) is 5.51. The average molecular weight is 406 g/mol. The van der Waals surface area contributed by atoms with Gasteiger partial charge >= 0.3 is 5.97 Å². The van der Waals surface area contributed by atoms with Crippen molar-refractivity contribution in [3.05, 3.63) is 95.3 Å². The number of esters is 1. The minimum Gasteiger partial charge on any atom is -0.452 e. The molecule has 0 saturated heterocycles. The van der Waals surface area contributed by atoms with Crippen LogP contribution < -0.4 is 10.6 Å². The molecule has 0 heterocycles. The van der Waals surface area contributed by atoms with Crippen molar-refractivity contribution in [1.29, 1.82) is 0 Å². The van der Waals surface area contributed by atoms with Gasteiger partial charge in [-0.3, -0.25) is 9.59 Å². The van der Waals surface area contributed by atoms with Gasteiger partial charge in [-0.25, -0.2) is 9.18 Å². The van der Waals surface area contributed by atoms with E-state index >= 15 is 0 Å². The predicted octanol–water partition coefficient (Wildman–Crippen LogP) is 4.18. The summed E-state index contributed by atoms with van der Waals surface area (Å²) in [5, 5.41) is 5.35. The van der Waals surface area contributed by atoms with Gasteiger partial charge in [-0.2, -0.15) is 0 Å². The lowest BCUT2D eigenvalue weighted by molar-refractivity contribution is -0.119. The van der Waals surface area contributed by atoms with Gasteiger partial charge in [0.05, 0.1) is 16.8 Å². The van der Waals surface area contributed by atoms with E-state index in [2.05, 4.69) is 10.6 Å². The van der Waals surface area contributed by atoms with Crippen LogP contribution in [0.1, 0.15) is 26.3 Å². The standard InChI is InChI=1S/C23H19FN2O4/c1-15-5-4-6-18(13-15)25-22(28)19-7-2-3-8-20(19)26-21(27)14-30-23(29)16-9-11-17(24)12-10-16/h2-13H,14H2,1H3,(H,25,28)(H,26,27). The highest BCUT2D eigenvalue weighted by molar-refractivity contribution is 6.10. The van der Waals surface area contributed by atoms with Crippen LogP contribution in [-0.2, 0) is 9.53 Å². The molecule has 2 N–H and O–H groups in total. The summed E-state index contributed by atoms with van der Waals surface area (Å²) in [7, 11) is 0. The lowest BCUT2D eigenvalue weighted by atomic mass is 10.1. The fourth-order valence-electron chi connectivity index (χ4n) is 2.70. The van der Waals surface area contributed by atoms with E-state index in [-0.39, 0.29) is 22.7 Å². The van der Waals surface area contributed by atoms with Crippen molar-refractivity contribution < 1.29 is 23.5 Å². The highest BCUT2D eigenvalue weighted by atomic mass is 19.1. The highest BCUT2D eigenvalue weighted by Crippen LogP contribution is 2.18. The van der Waals surface area contributed by atoms with E-state index in [0.29, 0.717) is 5.69 Å². The van der Waals surface area contributed by atoms with Gasteiger partial charge in [0.2, 0.25) is 0 Å². The monoisotopic (exact) mass is 406 g/mol. The number of hydrogen-bond donors (Lipinski definition) is 2. The van der Waals surface area contributed by atoms with Gasteiger partial charge in [-0.15, -0.1) is 0 Å². The Hall–Kier alpha value is -4.00. The molecule has 0 saturated carbocycles. The second-order valence-corrected chi connectivity index (χ2v) is 6.50. The van der Waals surface area contributed by atoms with Crippen LogP contribution in [-0.4, -0.2) is 24.4 Å². The van der Waals surface area contributed by atoms with E-state index < -0.39 is 24.3 Å². The van der Waals surface area contributed by atoms with E-state index in [1.165, 1.54) is 12.1 Å². The second-order valence-electron chi connectivity index (χ2n) is 6.50. The van der Waals surface area contributed by atoms with E-state index in [1.807, 2.05) is 25.1 Å². The van der Waals surface area contributed by atoms with Crippen LogP contribution in [0.3, 0.4) is 0 Å². The predicted molar refractivity (Wildman–Crippen MR) is 111 cm³/mol. The number of ether oxygens (including phenoxy) is 1. The molecule has 0 aliphatic carbocycles. The number of hydrogen-bond acceptors (Lipinski definition) is 4. The molecule has 3 aromatic rings. The number of carbonyl (C=O) groups is 3. The van der Waals surface area contributed by atoms with Gasteiger partial charge in [0, 0.05) is 5.69 Å². The molecule has 2 amide bonds. The SMILES string of the molecule is Cc1cccc(NC(=O)c2ccccc2NC(=O)COC(=O)c2ccc(F)cc2)c1. The first-order chi connectivity index (χ1) is 14.4. The molecule has 152 valence electrons. The van der Waals surface area contributed by atoms with Crippen molar-refractivity contribution in [2.75, 3.05) is 17.2 Å². The Kier molecular flexibility index (Phi) is 6.54. The summed E-state index contributed by atoms with van der Waals surface area (Å²) in [5.74, 6) is -2.23. The normalized spacial score (nSPS) is 10.2. The Morgan fingerprint density at radius 1 is 0.900 bits per heavy atom. The van der Waals surface area contributed by atoms with E-state index in [4.69, 9.17) is 4.74 Å². The summed E-state index contributed by atoms with van der Waals surface area (Å²) in [6.07, 6.45) is 0. The largest absolute Gasteiger partial charge is 0.452 e. The Bertz CT molecular complexity index is 1080. The number of nitrogens with one attached hydrogen (secondary N) is 2. The fraction of sp³-hybridized carbons (Fsp3) is 0.0870. The topological polar surface area (TPSA) is 84.5 Å². The number of halogens is 1. The number of aryl methyl sites for hydroxylation is 1. The maximum Gasteiger partial charge on any atom is 0.338 e. The van der Waals surface area contributed by atoms with E-state index in [9.17, 15) is 18.8 Å². The number of benzene rings is 3. The van der Waals surface area contributed by atoms with Gasteiger partial charge < -0.3 is 15.4 Å². The van der Waals surface area contributed by atoms with Gasteiger partial charge in [-0.05, 0) is 61.0 Å². The molecule has 7 heteroatoms. The first kappa shape index (κ1) is 20.7. The fourth-order valence-corrected chi connectivity index (χ4v) is 2.70. The summed E-state index contributed by atoms with van der Waals surface area (Å²) >= 11 is 0. The van der Waals surface area contributed by atoms with E-state index in [1.54, 1.807) is 30.3 Å². The number of rotatable bonds is 6. The molecule has 0 unspecified atom stereocenters. The molecule has 0 atom stereocenters. The molecule has 3 aromatic carbocycles. The molecule has 0 spiro atoms. The van der Waals surface area contributed by atoms with Crippen molar-refractivity contribution in [3.8, 4) is 0 Å². The van der Waals surface area contributed by atoms with Crippen molar-refractivity contribution in [2.24, 2.45) is 0 Å². The molecule has 0 aliphatic rings. The molecule has 30 heavy (non-hydrogen) atoms. The lowest BCUT2D eigenvalue weighted by Gasteiger charge is -2.12. The third-order valence-electron chi connectivity index (χ3n) is 4.14. The van der Waals surface area contributed by atoms with Crippen LogP contribution in [0, 0.1) is 12.7 Å². The van der Waals surface area contributed by atoms with Gasteiger partial charge in [0.25, 0.3) is 11.8 Å². The minimum absolute atomic E-state index is 0.127. The van der Waals surface area contributed by atoms with Gasteiger partial charge in [-0.1, -0.05) is 24.3 Å².